The molecule has 0 spiro atoms. The molecule has 1 N–H and O–H groups in total. The Morgan fingerprint density at radius 1 is 1.11 bits per heavy atom. The monoisotopic (exact) mass is 267 g/mol. The molecule has 1 saturated heterocycles. The third kappa shape index (κ3) is 4.43. The maximum atomic E-state index is 12.0. The van der Waals surface area contributed by atoms with Crippen molar-refractivity contribution in [3.05, 3.63) is 35.4 Å². The van der Waals surface area contributed by atoms with Gasteiger partial charge in [-0.05, 0) is 26.2 Å². The second kappa shape index (κ2) is 7.55. The molecular formula is C15H22ClNO. The van der Waals surface area contributed by atoms with Crippen molar-refractivity contribution in [3.63, 3.8) is 0 Å². The number of benzene rings is 1. The molecule has 0 atom stereocenters. The third-order valence-corrected chi connectivity index (χ3v) is 3.64. The van der Waals surface area contributed by atoms with Gasteiger partial charge < -0.3 is 17.3 Å². The quantitative estimate of drug-likeness (QED) is 0.669. The maximum Gasteiger partial charge on any atom is 0.168 e. The van der Waals surface area contributed by atoms with E-state index >= 15 is 0 Å². The van der Waals surface area contributed by atoms with Crippen LogP contribution in [0.4, 0.5) is 0 Å². The summed E-state index contributed by atoms with van der Waals surface area (Å²) >= 11 is 0. The van der Waals surface area contributed by atoms with Crippen LogP contribution >= 0.6 is 0 Å². The molecule has 0 aromatic heterocycles. The molecule has 0 amide bonds. The highest BCUT2D eigenvalue weighted by molar-refractivity contribution is 5.96. The highest BCUT2D eigenvalue weighted by atomic mass is 35.5. The number of hydrogen-bond acceptors (Lipinski definition) is 1. The van der Waals surface area contributed by atoms with Gasteiger partial charge in [-0.15, -0.1) is 0 Å². The number of ketones is 1. The van der Waals surface area contributed by atoms with Crippen LogP contribution in [0.25, 0.3) is 0 Å². The van der Waals surface area contributed by atoms with Crippen LogP contribution in [0.2, 0.25) is 0 Å². The van der Waals surface area contributed by atoms with E-state index in [9.17, 15) is 4.79 Å². The summed E-state index contributed by atoms with van der Waals surface area (Å²) in [4.78, 5) is 13.6. The van der Waals surface area contributed by atoms with Crippen LogP contribution in [0.15, 0.2) is 24.3 Å². The Morgan fingerprint density at radius 3 is 2.33 bits per heavy atom. The summed E-state index contributed by atoms with van der Waals surface area (Å²) in [6, 6.07) is 7.92. The first kappa shape index (κ1) is 15.2. The number of Topliss-reactive ketones (excluding diaryl/α,β-unsaturated/α-hetero) is 1. The van der Waals surface area contributed by atoms with Crippen LogP contribution in [0.5, 0.6) is 0 Å². The lowest BCUT2D eigenvalue weighted by Gasteiger charge is -2.23. The van der Waals surface area contributed by atoms with Gasteiger partial charge in [-0.2, -0.15) is 0 Å². The zero-order valence-electron chi connectivity index (χ0n) is 11.0. The maximum absolute atomic E-state index is 12.0. The molecule has 1 aliphatic heterocycles. The molecule has 1 heterocycles. The van der Waals surface area contributed by atoms with E-state index in [4.69, 9.17) is 0 Å². The van der Waals surface area contributed by atoms with Gasteiger partial charge in [0.15, 0.2) is 5.78 Å². The summed E-state index contributed by atoms with van der Waals surface area (Å²) < 4.78 is 0. The van der Waals surface area contributed by atoms with Crippen molar-refractivity contribution in [2.45, 2.75) is 32.6 Å². The molecule has 0 bridgehead atoms. The van der Waals surface area contributed by atoms with Gasteiger partial charge in [0.25, 0.3) is 0 Å². The first-order valence-electron chi connectivity index (χ1n) is 6.69. The number of aryl methyl sites for hydroxylation is 1. The molecule has 0 radical (unpaired) electrons. The van der Waals surface area contributed by atoms with Gasteiger partial charge in [0.2, 0.25) is 0 Å². The average Bonchev–Trinajstić information content (AvgIpc) is 2.38. The molecule has 1 aromatic rings. The first-order chi connectivity index (χ1) is 8.25. The minimum absolute atomic E-state index is 0. The van der Waals surface area contributed by atoms with E-state index in [1.54, 1.807) is 4.90 Å². The fourth-order valence-electron chi connectivity index (χ4n) is 2.48. The minimum atomic E-state index is 0. The molecule has 0 saturated carbocycles. The average molecular weight is 268 g/mol. The Kier molecular flexibility index (Phi) is 6.37. The summed E-state index contributed by atoms with van der Waals surface area (Å²) in [5.74, 6) is 0.295. The molecule has 2 rings (SSSR count). The molecule has 1 fully saturated rings. The number of piperidine rings is 1. The van der Waals surface area contributed by atoms with E-state index in [2.05, 4.69) is 0 Å². The van der Waals surface area contributed by atoms with Crippen LogP contribution in [-0.2, 0) is 0 Å². The fraction of sp³-hybridized carbons (Fsp3) is 0.533. The number of hydrogen-bond donors (Lipinski definition) is 1. The van der Waals surface area contributed by atoms with E-state index in [-0.39, 0.29) is 12.4 Å². The number of rotatable bonds is 4. The Labute approximate surface area is 116 Å². The Balaban J connectivity index is 0.00000162. The fourth-order valence-corrected chi connectivity index (χ4v) is 2.48. The van der Waals surface area contributed by atoms with Crippen molar-refractivity contribution in [3.8, 4) is 0 Å². The van der Waals surface area contributed by atoms with Crippen LogP contribution in [0.3, 0.4) is 0 Å². The molecule has 18 heavy (non-hydrogen) atoms. The molecule has 3 heteroatoms. The van der Waals surface area contributed by atoms with Crippen LogP contribution in [-0.4, -0.2) is 25.4 Å². The van der Waals surface area contributed by atoms with Crippen LogP contribution in [0.1, 0.15) is 41.6 Å². The highest BCUT2D eigenvalue weighted by Gasteiger charge is 2.15. The first-order valence-corrected chi connectivity index (χ1v) is 6.69. The lowest BCUT2D eigenvalue weighted by molar-refractivity contribution is -0.904. The van der Waals surface area contributed by atoms with Gasteiger partial charge in [0, 0.05) is 5.56 Å². The van der Waals surface area contributed by atoms with E-state index in [0.717, 1.165) is 12.1 Å². The Bertz CT molecular complexity index is 369. The standard InChI is InChI=1S/C15H21NO.ClH/c1-13-5-7-14(8-6-13)15(17)9-12-16-10-3-2-4-11-16;/h5-8H,2-4,9-12H2,1H3;1H. The van der Waals surface area contributed by atoms with E-state index in [0.29, 0.717) is 12.2 Å². The normalized spacial score (nSPS) is 16.1. The largest absolute Gasteiger partial charge is 1.00 e. The SMILES string of the molecule is Cc1ccc(C(=O)CC[NH+]2CCCCC2)cc1.[Cl-]. The number of quaternary nitrogens is 1. The zero-order valence-corrected chi connectivity index (χ0v) is 11.8. The highest BCUT2D eigenvalue weighted by Crippen LogP contribution is 2.05. The van der Waals surface area contributed by atoms with Crippen molar-refractivity contribution < 1.29 is 22.1 Å². The Morgan fingerprint density at radius 2 is 1.72 bits per heavy atom. The van der Waals surface area contributed by atoms with Gasteiger partial charge in [0.05, 0.1) is 26.1 Å². The number of nitrogens with one attached hydrogen (secondary N) is 1. The van der Waals surface area contributed by atoms with Crippen LogP contribution in [0, 0.1) is 6.92 Å². The molecular weight excluding hydrogens is 246 g/mol. The number of carbonyl (C=O) groups is 1. The van der Waals surface area contributed by atoms with Gasteiger partial charge in [0.1, 0.15) is 0 Å². The molecule has 100 valence electrons. The number of halogens is 1. The van der Waals surface area contributed by atoms with E-state index in [1.807, 2.05) is 31.2 Å². The number of likely N-dealkylation sites (tertiary alicyclic amines) is 1. The molecule has 0 aliphatic carbocycles. The smallest absolute Gasteiger partial charge is 0.168 e. The van der Waals surface area contributed by atoms with Crippen molar-refractivity contribution in [1.29, 1.82) is 0 Å². The molecule has 0 unspecified atom stereocenters. The zero-order chi connectivity index (χ0) is 12.1. The summed E-state index contributed by atoms with van der Waals surface area (Å²) in [5.41, 5.74) is 2.08. The predicted molar refractivity (Wildman–Crippen MR) is 69.5 cm³/mol. The topological polar surface area (TPSA) is 21.5 Å². The molecule has 1 aromatic carbocycles. The van der Waals surface area contributed by atoms with Gasteiger partial charge in [-0.3, -0.25) is 4.79 Å². The van der Waals surface area contributed by atoms with Gasteiger partial charge in [-0.25, -0.2) is 0 Å². The van der Waals surface area contributed by atoms with Crippen LogP contribution < -0.4 is 17.3 Å². The number of carbonyl (C=O) groups excluding carboxylic acids is 1. The summed E-state index contributed by atoms with van der Waals surface area (Å²) in [5, 5.41) is 0. The van der Waals surface area contributed by atoms with E-state index in [1.165, 1.54) is 37.9 Å². The second-order valence-corrected chi connectivity index (χ2v) is 5.10. The third-order valence-electron chi connectivity index (χ3n) is 3.64. The van der Waals surface area contributed by atoms with Crippen molar-refractivity contribution in [1.82, 2.24) is 0 Å². The summed E-state index contributed by atoms with van der Waals surface area (Å²) in [7, 11) is 0. The molecule has 2 nitrogen and oxygen atoms in total. The Hall–Kier alpha value is -0.860. The predicted octanol–water partition coefficient (Wildman–Crippen LogP) is -1.36. The summed E-state index contributed by atoms with van der Waals surface area (Å²) in [6.07, 6.45) is 4.72. The van der Waals surface area contributed by atoms with Gasteiger partial charge in [-0.1, -0.05) is 29.8 Å². The minimum Gasteiger partial charge on any atom is -1.00 e. The lowest BCUT2D eigenvalue weighted by Crippen LogP contribution is -3.12. The van der Waals surface area contributed by atoms with Gasteiger partial charge >= 0.3 is 0 Å². The molecule has 1 aliphatic rings. The van der Waals surface area contributed by atoms with Crippen molar-refractivity contribution in [2.24, 2.45) is 0 Å². The summed E-state index contributed by atoms with van der Waals surface area (Å²) in [6.45, 7) is 5.56. The van der Waals surface area contributed by atoms with Crippen molar-refractivity contribution >= 4 is 5.78 Å². The second-order valence-electron chi connectivity index (χ2n) is 5.10. The lowest BCUT2D eigenvalue weighted by atomic mass is 10.1. The van der Waals surface area contributed by atoms with E-state index < -0.39 is 0 Å². The van der Waals surface area contributed by atoms with Crippen molar-refractivity contribution in [2.75, 3.05) is 19.6 Å².